The lowest BCUT2D eigenvalue weighted by atomic mass is 10.1. The Morgan fingerprint density at radius 3 is 2.43 bits per heavy atom. The summed E-state index contributed by atoms with van der Waals surface area (Å²) in [6.07, 6.45) is 6.96. The van der Waals surface area contributed by atoms with Gasteiger partial charge in [0.15, 0.2) is 0 Å². The van der Waals surface area contributed by atoms with E-state index in [0.29, 0.717) is 13.0 Å². The van der Waals surface area contributed by atoms with E-state index in [1.807, 2.05) is 0 Å². The monoisotopic (exact) mass is 424 g/mol. The molecule has 0 fully saturated rings. The van der Waals surface area contributed by atoms with Gasteiger partial charge in [-0.05, 0) is 78.9 Å². The van der Waals surface area contributed by atoms with E-state index in [-0.39, 0.29) is 18.3 Å². The Balaban J connectivity index is 0.00000400. The van der Waals surface area contributed by atoms with E-state index < -0.39 is 0 Å². The van der Waals surface area contributed by atoms with Gasteiger partial charge >= 0.3 is 0 Å². The molecular weight excluding hydrogens is 399 g/mol. The van der Waals surface area contributed by atoms with Crippen LogP contribution in [0.1, 0.15) is 44.1 Å². The number of nitrogens with two attached hydrogens (primary N) is 1. The van der Waals surface area contributed by atoms with Crippen LogP contribution in [0.25, 0.3) is 0 Å². The van der Waals surface area contributed by atoms with Crippen LogP contribution < -0.4 is 11.1 Å². The van der Waals surface area contributed by atoms with Crippen LogP contribution in [-0.4, -0.2) is 19.0 Å². The molecule has 0 aliphatic heterocycles. The van der Waals surface area contributed by atoms with Crippen LogP contribution in [0.4, 0.5) is 0 Å². The molecule has 3 N–H and O–H groups in total. The Hall–Kier alpha value is -0.330. The number of nitrogens with one attached hydrogen (secondary N) is 1. The molecule has 0 radical (unpaired) electrons. The predicted molar refractivity (Wildman–Crippen MR) is 99.9 cm³/mol. The van der Waals surface area contributed by atoms with Crippen molar-refractivity contribution in [1.82, 2.24) is 5.32 Å². The summed E-state index contributed by atoms with van der Waals surface area (Å²) in [7, 11) is 0. The van der Waals surface area contributed by atoms with Crippen molar-refractivity contribution in [2.24, 2.45) is 5.73 Å². The summed E-state index contributed by atoms with van der Waals surface area (Å²) in [4.78, 5) is 11.5. The highest BCUT2D eigenvalue weighted by Crippen LogP contribution is 2.10. The number of rotatable bonds is 10. The summed E-state index contributed by atoms with van der Waals surface area (Å²) in [5.74, 6) is 0.177. The third-order valence-corrected chi connectivity index (χ3v) is 3.95. The highest BCUT2D eigenvalue weighted by molar-refractivity contribution is 14.1. The number of carbonyl (C=O) groups is 1. The van der Waals surface area contributed by atoms with Gasteiger partial charge in [-0.15, -0.1) is 12.4 Å². The first kappa shape index (κ1) is 20.7. The number of carbonyl (C=O) groups excluding carboxylic acids is 1. The Morgan fingerprint density at radius 2 is 1.76 bits per heavy atom. The molecule has 0 atom stereocenters. The van der Waals surface area contributed by atoms with E-state index in [2.05, 4.69) is 52.2 Å². The number of amides is 1. The SMILES string of the molecule is Cl.NCCCCNC(=O)CCCCCc1ccc(I)cc1. The summed E-state index contributed by atoms with van der Waals surface area (Å²) in [5, 5.41) is 2.94. The Morgan fingerprint density at radius 1 is 1.05 bits per heavy atom. The van der Waals surface area contributed by atoms with Crippen molar-refractivity contribution in [2.45, 2.75) is 44.9 Å². The number of benzene rings is 1. The van der Waals surface area contributed by atoms with Crippen LogP contribution in [-0.2, 0) is 11.2 Å². The van der Waals surface area contributed by atoms with E-state index in [1.54, 1.807) is 0 Å². The van der Waals surface area contributed by atoms with Crippen LogP contribution in [0.3, 0.4) is 0 Å². The molecular formula is C16H26ClIN2O. The first-order valence-corrected chi connectivity index (χ1v) is 8.51. The second kappa shape index (κ2) is 13.3. The number of halogens is 2. The number of aryl methyl sites for hydroxylation is 1. The highest BCUT2D eigenvalue weighted by atomic mass is 127. The van der Waals surface area contributed by atoms with Crippen molar-refractivity contribution in [3.8, 4) is 0 Å². The van der Waals surface area contributed by atoms with Gasteiger partial charge in [0.2, 0.25) is 5.91 Å². The predicted octanol–water partition coefficient (Wildman–Crippen LogP) is 3.67. The van der Waals surface area contributed by atoms with E-state index in [1.165, 1.54) is 9.13 Å². The maximum absolute atomic E-state index is 11.5. The molecule has 0 aromatic heterocycles. The molecule has 0 saturated heterocycles. The smallest absolute Gasteiger partial charge is 0.219 e. The van der Waals surface area contributed by atoms with E-state index in [0.717, 1.165) is 45.1 Å². The quantitative estimate of drug-likeness (QED) is 0.445. The van der Waals surface area contributed by atoms with Crippen molar-refractivity contribution in [3.63, 3.8) is 0 Å². The maximum atomic E-state index is 11.5. The first-order valence-electron chi connectivity index (χ1n) is 7.43. The van der Waals surface area contributed by atoms with E-state index in [4.69, 9.17) is 5.73 Å². The number of hydrogen-bond acceptors (Lipinski definition) is 2. The van der Waals surface area contributed by atoms with Gasteiger partial charge in [-0.1, -0.05) is 18.6 Å². The van der Waals surface area contributed by atoms with Crippen LogP contribution in [0.15, 0.2) is 24.3 Å². The standard InChI is InChI=1S/C16H25IN2O.ClH/c17-15-10-8-14(9-11-15)6-2-1-3-7-16(20)19-13-5-4-12-18;/h8-11H,1-7,12-13,18H2,(H,19,20);1H. The van der Waals surface area contributed by atoms with Crippen LogP contribution in [0.2, 0.25) is 0 Å². The molecule has 0 aliphatic carbocycles. The molecule has 0 spiro atoms. The minimum Gasteiger partial charge on any atom is -0.356 e. The van der Waals surface area contributed by atoms with Gasteiger partial charge in [0.25, 0.3) is 0 Å². The lowest BCUT2D eigenvalue weighted by molar-refractivity contribution is -0.121. The molecule has 0 heterocycles. The number of hydrogen-bond donors (Lipinski definition) is 2. The van der Waals surface area contributed by atoms with Gasteiger partial charge < -0.3 is 11.1 Å². The fourth-order valence-electron chi connectivity index (χ4n) is 2.03. The topological polar surface area (TPSA) is 55.1 Å². The molecule has 5 heteroatoms. The van der Waals surface area contributed by atoms with E-state index >= 15 is 0 Å². The van der Waals surface area contributed by atoms with Gasteiger partial charge in [-0.25, -0.2) is 0 Å². The molecule has 1 aromatic carbocycles. The second-order valence-electron chi connectivity index (χ2n) is 5.03. The molecule has 1 rings (SSSR count). The normalized spacial score (nSPS) is 10.0. The summed E-state index contributed by atoms with van der Waals surface area (Å²) in [6.45, 7) is 1.47. The highest BCUT2D eigenvalue weighted by Gasteiger charge is 2.00. The van der Waals surface area contributed by atoms with Gasteiger partial charge in [0.05, 0.1) is 0 Å². The lowest BCUT2D eigenvalue weighted by Gasteiger charge is -2.05. The minimum absolute atomic E-state index is 0. The van der Waals surface area contributed by atoms with Gasteiger partial charge in [0.1, 0.15) is 0 Å². The molecule has 0 aliphatic rings. The third kappa shape index (κ3) is 11.0. The summed E-state index contributed by atoms with van der Waals surface area (Å²) >= 11 is 2.32. The second-order valence-corrected chi connectivity index (χ2v) is 6.28. The van der Waals surface area contributed by atoms with Crippen molar-refractivity contribution >= 4 is 40.9 Å². The van der Waals surface area contributed by atoms with Crippen LogP contribution in [0.5, 0.6) is 0 Å². The van der Waals surface area contributed by atoms with Gasteiger partial charge in [-0.2, -0.15) is 0 Å². The molecule has 3 nitrogen and oxygen atoms in total. The van der Waals surface area contributed by atoms with Crippen molar-refractivity contribution in [3.05, 3.63) is 33.4 Å². The molecule has 0 unspecified atom stereocenters. The largest absolute Gasteiger partial charge is 0.356 e. The average Bonchev–Trinajstić information content (AvgIpc) is 2.45. The van der Waals surface area contributed by atoms with Crippen molar-refractivity contribution < 1.29 is 4.79 Å². The summed E-state index contributed by atoms with van der Waals surface area (Å²) in [5.41, 5.74) is 6.79. The molecule has 0 bridgehead atoms. The Kier molecular flexibility index (Phi) is 13.1. The Bertz CT molecular complexity index is 384. The van der Waals surface area contributed by atoms with Gasteiger partial charge in [0, 0.05) is 16.5 Å². The maximum Gasteiger partial charge on any atom is 0.219 e. The third-order valence-electron chi connectivity index (χ3n) is 3.24. The number of unbranched alkanes of at least 4 members (excludes halogenated alkanes) is 3. The molecule has 1 aromatic rings. The zero-order chi connectivity index (χ0) is 14.6. The fraction of sp³-hybridized carbons (Fsp3) is 0.562. The molecule has 0 saturated carbocycles. The summed E-state index contributed by atoms with van der Waals surface area (Å²) < 4.78 is 1.28. The van der Waals surface area contributed by atoms with Crippen LogP contribution in [0, 0.1) is 3.57 Å². The van der Waals surface area contributed by atoms with Crippen LogP contribution >= 0.6 is 35.0 Å². The molecule has 1 amide bonds. The first-order chi connectivity index (χ1) is 9.72. The Labute approximate surface area is 148 Å². The van der Waals surface area contributed by atoms with Gasteiger partial charge in [-0.3, -0.25) is 4.79 Å². The zero-order valence-electron chi connectivity index (χ0n) is 12.4. The molecule has 21 heavy (non-hydrogen) atoms. The van der Waals surface area contributed by atoms with E-state index in [9.17, 15) is 4.79 Å². The minimum atomic E-state index is 0. The average molecular weight is 425 g/mol. The lowest BCUT2D eigenvalue weighted by Crippen LogP contribution is -2.24. The van der Waals surface area contributed by atoms with Crippen molar-refractivity contribution in [1.29, 1.82) is 0 Å². The zero-order valence-corrected chi connectivity index (χ0v) is 15.4. The fourth-order valence-corrected chi connectivity index (χ4v) is 2.39. The summed E-state index contributed by atoms with van der Waals surface area (Å²) in [6, 6.07) is 8.66. The molecule has 120 valence electrons. The van der Waals surface area contributed by atoms with Crippen molar-refractivity contribution in [2.75, 3.05) is 13.1 Å².